The van der Waals surface area contributed by atoms with Crippen LogP contribution in [-0.2, 0) is 0 Å². The van der Waals surface area contributed by atoms with Gasteiger partial charge in [0.2, 0.25) is 11.2 Å². The van der Waals surface area contributed by atoms with Gasteiger partial charge in [0.1, 0.15) is 5.58 Å². The number of hydrogen-bond acceptors (Lipinski definition) is 5. The predicted molar refractivity (Wildman–Crippen MR) is 68.3 cm³/mol. The zero-order valence-electron chi connectivity index (χ0n) is 9.49. The summed E-state index contributed by atoms with van der Waals surface area (Å²) in [5.74, 6) is -0.634. The van der Waals surface area contributed by atoms with Crippen LogP contribution in [0.25, 0.3) is 21.9 Å². The van der Waals surface area contributed by atoms with Crippen LogP contribution in [0, 0.1) is 10.1 Å². The van der Waals surface area contributed by atoms with Crippen LogP contribution in [0.1, 0.15) is 0 Å². The summed E-state index contributed by atoms with van der Waals surface area (Å²) in [4.78, 5) is 22.2. The maximum absolute atomic E-state index is 12.2. The Hall–Kier alpha value is -2.89. The molecule has 6 nitrogen and oxygen atoms in total. The van der Waals surface area contributed by atoms with Crippen molar-refractivity contribution in [1.82, 2.24) is 0 Å². The van der Waals surface area contributed by atoms with Gasteiger partial charge in [0.15, 0.2) is 5.58 Å². The third kappa shape index (κ3) is 1.54. The number of phenols is 1. The lowest BCUT2D eigenvalue weighted by atomic mass is 10.1. The molecule has 1 heterocycles. The van der Waals surface area contributed by atoms with E-state index >= 15 is 0 Å². The Labute approximate surface area is 105 Å². The first kappa shape index (κ1) is 11.2. The van der Waals surface area contributed by atoms with Gasteiger partial charge >= 0.3 is 5.69 Å². The molecule has 0 aliphatic heterocycles. The van der Waals surface area contributed by atoms with Gasteiger partial charge in [0, 0.05) is 6.07 Å². The first-order valence-corrected chi connectivity index (χ1v) is 5.41. The highest BCUT2D eigenvalue weighted by Crippen LogP contribution is 2.34. The van der Waals surface area contributed by atoms with Crippen molar-refractivity contribution >= 4 is 27.6 Å². The Kier molecular flexibility index (Phi) is 2.25. The van der Waals surface area contributed by atoms with Crippen LogP contribution in [-0.4, -0.2) is 10.0 Å². The zero-order chi connectivity index (χ0) is 13.6. The van der Waals surface area contributed by atoms with Crippen LogP contribution < -0.4 is 5.43 Å². The van der Waals surface area contributed by atoms with Crippen LogP contribution in [0.15, 0.2) is 45.6 Å². The third-order valence-electron chi connectivity index (χ3n) is 2.90. The van der Waals surface area contributed by atoms with Gasteiger partial charge in [-0.3, -0.25) is 14.9 Å². The molecule has 0 saturated carbocycles. The standard InChI is InChI=1S/C13H7NO5/c15-11-7-3-1-2-4-10(7)19-13-8(11)5-6-9(12(13)16)14(17)18/h1-6,16H. The van der Waals surface area contributed by atoms with E-state index in [1.807, 2.05) is 0 Å². The van der Waals surface area contributed by atoms with Crippen molar-refractivity contribution in [1.29, 1.82) is 0 Å². The van der Waals surface area contributed by atoms with E-state index in [1.54, 1.807) is 24.3 Å². The first-order valence-electron chi connectivity index (χ1n) is 5.41. The minimum Gasteiger partial charge on any atom is -0.499 e. The molecule has 3 aromatic rings. The van der Waals surface area contributed by atoms with E-state index in [1.165, 1.54) is 6.07 Å². The molecule has 1 N–H and O–H groups in total. The second-order valence-electron chi connectivity index (χ2n) is 3.99. The maximum Gasteiger partial charge on any atom is 0.314 e. The summed E-state index contributed by atoms with van der Waals surface area (Å²) in [6.07, 6.45) is 0. The van der Waals surface area contributed by atoms with Crippen LogP contribution in [0.3, 0.4) is 0 Å². The number of hydrogen-bond donors (Lipinski definition) is 1. The largest absolute Gasteiger partial charge is 0.499 e. The fourth-order valence-corrected chi connectivity index (χ4v) is 1.99. The quantitative estimate of drug-likeness (QED) is 0.410. The molecule has 94 valence electrons. The summed E-state index contributed by atoms with van der Waals surface area (Å²) < 4.78 is 5.39. The van der Waals surface area contributed by atoms with Crippen molar-refractivity contribution in [2.75, 3.05) is 0 Å². The first-order chi connectivity index (χ1) is 9.09. The lowest BCUT2D eigenvalue weighted by molar-refractivity contribution is -0.385. The van der Waals surface area contributed by atoms with Crippen molar-refractivity contribution < 1.29 is 14.4 Å². The Morgan fingerprint density at radius 2 is 1.84 bits per heavy atom. The topological polar surface area (TPSA) is 93.6 Å². The van der Waals surface area contributed by atoms with Crippen LogP contribution in [0.5, 0.6) is 5.75 Å². The van der Waals surface area contributed by atoms with E-state index in [0.29, 0.717) is 5.39 Å². The molecule has 0 unspecified atom stereocenters. The van der Waals surface area contributed by atoms with Crippen LogP contribution in [0.2, 0.25) is 0 Å². The molecule has 0 aliphatic rings. The highest BCUT2D eigenvalue weighted by atomic mass is 16.6. The fourth-order valence-electron chi connectivity index (χ4n) is 1.99. The van der Waals surface area contributed by atoms with E-state index in [0.717, 1.165) is 6.07 Å². The van der Waals surface area contributed by atoms with Crippen LogP contribution in [0.4, 0.5) is 5.69 Å². The minimum atomic E-state index is -0.732. The fraction of sp³-hybridized carbons (Fsp3) is 0. The van der Waals surface area contributed by atoms with Crippen molar-refractivity contribution in [2.45, 2.75) is 0 Å². The molecule has 0 fully saturated rings. The number of phenolic OH excluding ortho intramolecular Hbond substituents is 1. The van der Waals surface area contributed by atoms with E-state index in [-0.39, 0.29) is 22.0 Å². The van der Waals surface area contributed by atoms with Gasteiger partial charge in [0.25, 0.3) is 0 Å². The Bertz CT molecular complexity index is 881. The molecular weight excluding hydrogens is 250 g/mol. The Morgan fingerprint density at radius 1 is 1.11 bits per heavy atom. The molecule has 6 heteroatoms. The van der Waals surface area contributed by atoms with Crippen LogP contribution >= 0.6 is 0 Å². The number of rotatable bonds is 1. The second kappa shape index (κ2) is 3.81. The predicted octanol–water partition coefficient (Wildman–Crippen LogP) is 2.56. The highest BCUT2D eigenvalue weighted by molar-refractivity contribution is 5.94. The van der Waals surface area contributed by atoms with Crippen molar-refractivity contribution in [3.8, 4) is 5.75 Å². The van der Waals surface area contributed by atoms with Crippen molar-refractivity contribution in [3.63, 3.8) is 0 Å². The van der Waals surface area contributed by atoms with E-state index in [2.05, 4.69) is 0 Å². The second-order valence-corrected chi connectivity index (χ2v) is 3.99. The highest BCUT2D eigenvalue weighted by Gasteiger charge is 2.20. The molecule has 2 aromatic carbocycles. The summed E-state index contributed by atoms with van der Waals surface area (Å²) in [6, 6.07) is 8.89. The molecule has 0 spiro atoms. The molecular formula is C13H7NO5. The molecule has 0 atom stereocenters. The maximum atomic E-state index is 12.2. The Balaban J connectivity index is 2.55. The number of nitro groups is 1. The number of fused-ring (bicyclic) bond motifs is 2. The number of nitrogens with zero attached hydrogens (tertiary/aromatic N) is 1. The van der Waals surface area contributed by atoms with Gasteiger partial charge < -0.3 is 9.52 Å². The molecule has 0 aliphatic carbocycles. The summed E-state index contributed by atoms with van der Waals surface area (Å²) in [6.45, 7) is 0. The number of aromatic hydroxyl groups is 1. The summed E-state index contributed by atoms with van der Waals surface area (Å²) in [5.41, 5.74) is -0.721. The van der Waals surface area contributed by atoms with Gasteiger partial charge in [-0.05, 0) is 18.2 Å². The van der Waals surface area contributed by atoms with Gasteiger partial charge in [-0.2, -0.15) is 0 Å². The zero-order valence-corrected chi connectivity index (χ0v) is 9.49. The van der Waals surface area contributed by atoms with Gasteiger partial charge in [0.05, 0.1) is 15.7 Å². The summed E-state index contributed by atoms with van der Waals surface area (Å²) in [5, 5.41) is 21.0. The van der Waals surface area contributed by atoms with Crippen molar-refractivity contribution in [2.24, 2.45) is 0 Å². The molecule has 3 rings (SSSR count). The normalized spacial score (nSPS) is 10.9. The average molecular weight is 257 g/mol. The molecule has 0 amide bonds. The molecule has 19 heavy (non-hydrogen) atoms. The Morgan fingerprint density at radius 3 is 2.58 bits per heavy atom. The van der Waals surface area contributed by atoms with E-state index in [9.17, 15) is 20.0 Å². The molecule has 0 saturated heterocycles. The lowest BCUT2D eigenvalue weighted by Gasteiger charge is -2.03. The minimum absolute atomic E-state index is 0.113. The molecule has 1 aromatic heterocycles. The van der Waals surface area contributed by atoms with Gasteiger partial charge in [-0.15, -0.1) is 0 Å². The lowest BCUT2D eigenvalue weighted by Crippen LogP contribution is -2.02. The smallest absolute Gasteiger partial charge is 0.314 e. The monoisotopic (exact) mass is 257 g/mol. The van der Waals surface area contributed by atoms with E-state index in [4.69, 9.17) is 4.42 Å². The van der Waals surface area contributed by atoms with Crippen molar-refractivity contribution in [3.05, 3.63) is 56.7 Å². The SMILES string of the molecule is O=c1c2ccccc2oc2c(O)c([N+](=O)[O-])ccc12. The number of para-hydroxylation sites is 1. The summed E-state index contributed by atoms with van der Waals surface area (Å²) >= 11 is 0. The molecule has 0 bridgehead atoms. The average Bonchev–Trinajstić information content (AvgIpc) is 2.40. The van der Waals surface area contributed by atoms with E-state index < -0.39 is 16.4 Å². The van der Waals surface area contributed by atoms with Gasteiger partial charge in [-0.25, -0.2) is 0 Å². The molecule has 0 radical (unpaired) electrons. The number of nitro benzene ring substituents is 1. The number of benzene rings is 2. The van der Waals surface area contributed by atoms with Gasteiger partial charge in [-0.1, -0.05) is 12.1 Å². The summed E-state index contributed by atoms with van der Waals surface area (Å²) in [7, 11) is 0. The third-order valence-corrected chi connectivity index (χ3v) is 2.90.